The molecule has 0 fully saturated rings. The van der Waals surface area contributed by atoms with Crippen molar-refractivity contribution in [1.82, 2.24) is 4.98 Å². The molecule has 0 aliphatic rings. The van der Waals surface area contributed by atoms with Gasteiger partial charge in [-0.3, -0.25) is 0 Å². The molecular weight excluding hydrogens is 252 g/mol. The number of anilines is 1. The van der Waals surface area contributed by atoms with Crippen LogP contribution in [-0.2, 0) is 0 Å². The molecule has 0 bridgehead atoms. The number of hydrogen-bond acceptors (Lipinski definition) is 3. The highest BCUT2D eigenvalue weighted by Gasteiger charge is 2.05. The van der Waals surface area contributed by atoms with Gasteiger partial charge in [0.1, 0.15) is 0 Å². The van der Waals surface area contributed by atoms with Gasteiger partial charge in [-0.15, -0.1) is 11.8 Å². The molecule has 0 aliphatic heterocycles. The molecule has 0 aliphatic carbocycles. The van der Waals surface area contributed by atoms with E-state index in [1.807, 2.05) is 30.3 Å². The van der Waals surface area contributed by atoms with E-state index in [0.29, 0.717) is 0 Å². The molecule has 19 heavy (non-hydrogen) atoms. The lowest BCUT2D eigenvalue weighted by Crippen LogP contribution is -1.92. The summed E-state index contributed by atoms with van der Waals surface area (Å²) in [6.45, 7) is 0. The van der Waals surface area contributed by atoms with Crippen LogP contribution < -0.4 is 5.73 Å². The highest BCUT2D eigenvalue weighted by Crippen LogP contribution is 2.27. The molecule has 2 aromatic carbocycles. The second-order valence-corrected chi connectivity index (χ2v) is 5.22. The van der Waals surface area contributed by atoms with E-state index in [1.54, 1.807) is 11.8 Å². The van der Waals surface area contributed by atoms with Gasteiger partial charge in [0, 0.05) is 21.5 Å². The van der Waals surface area contributed by atoms with E-state index >= 15 is 0 Å². The largest absolute Gasteiger partial charge is 0.398 e. The van der Waals surface area contributed by atoms with E-state index in [4.69, 9.17) is 5.73 Å². The quantitative estimate of drug-likeness (QED) is 0.706. The van der Waals surface area contributed by atoms with Crippen LogP contribution in [0.2, 0.25) is 0 Å². The minimum Gasteiger partial charge on any atom is -0.398 e. The predicted molar refractivity (Wildman–Crippen MR) is 83.4 cm³/mol. The third kappa shape index (κ3) is 2.29. The Hall–Kier alpha value is -2.00. The van der Waals surface area contributed by atoms with Crippen molar-refractivity contribution in [2.24, 2.45) is 0 Å². The third-order valence-electron chi connectivity index (χ3n) is 3.13. The molecule has 3 rings (SSSR count). The van der Waals surface area contributed by atoms with Crippen molar-refractivity contribution in [1.29, 1.82) is 0 Å². The minimum atomic E-state index is 0.773. The zero-order valence-corrected chi connectivity index (χ0v) is 11.4. The number of nitrogen functional groups attached to an aromatic ring is 1. The van der Waals surface area contributed by atoms with Gasteiger partial charge in [0.2, 0.25) is 0 Å². The van der Waals surface area contributed by atoms with Crippen molar-refractivity contribution >= 4 is 28.4 Å². The number of para-hydroxylation sites is 1. The molecule has 1 aromatic heterocycles. The van der Waals surface area contributed by atoms with Crippen molar-refractivity contribution in [3.63, 3.8) is 0 Å². The first-order chi connectivity index (χ1) is 9.28. The van der Waals surface area contributed by atoms with Gasteiger partial charge >= 0.3 is 0 Å². The monoisotopic (exact) mass is 266 g/mol. The van der Waals surface area contributed by atoms with E-state index in [9.17, 15) is 0 Å². The van der Waals surface area contributed by atoms with Crippen LogP contribution in [0, 0.1) is 0 Å². The Labute approximate surface area is 116 Å². The van der Waals surface area contributed by atoms with Gasteiger partial charge in [0.15, 0.2) is 0 Å². The summed E-state index contributed by atoms with van der Waals surface area (Å²) in [5, 5.41) is 1.01. The number of nitrogens with two attached hydrogens (primary N) is 1. The average Bonchev–Trinajstić information content (AvgIpc) is 2.47. The lowest BCUT2D eigenvalue weighted by atomic mass is 10.1. The predicted octanol–water partition coefficient (Wildman–Crippen LogP) is 4.21. The number of fused-ring (bicyclic) bond motifs is 1. The summed E-state index contributed by atoms with van der Waals surface area (Å²) in [4.78, 5) is 5.92. The Bertz CT molecular complexity index is 720. The lowest BCUT2D eigenvalue weighted by Gasteiger charge is -2.07. The van der Waals surface area contributed by atoms with Crippen molar-refractivity contribution in [3.8, 4) is 11.3 Å². The minimum absolute atomic E-state index is 0.773. The second-order valence-electron chi connectivity index (χ2n) is 4.34. The van der Waals surface area contributed by atoms with Gasteiger partial charge in [-0.1, -0.05) is 30.3 Å². The Balaban J connectivity index is 2.14. The molecule has 1 heterocycles. The first kappa shape index (κ1) is 12.1. The van der Waals surface area contributed by atoms with Gasteiger partial charge in [0.05, 0.1) is 11.2 Å². The maximum absolute atomic E-state index is 6.11. The molecule has 0 atom stereocenters. The molecule has 0 saturated carbocycles. The Morgan fingerprint density at radius 3 is 2.47 bits per heavy atom. The van der Waals surface area contributed by atoms with E-state index in [0.717, 1.165) is 27.8 Å². The van der Waals surface area contributed by atoms with Crippen LogP contribution >= 0.6 is 11.8 Å². The van der Waals surface area contributed by atoms with Crippen LogP contribution in [0.4, 0.5) is 5.69 Å². The fourth-order valence-corrected chi connectivity index (χ4v) is 2.52. The van der Waals surface area contributed by atoms with E-state index in [-0.39, 0.29) is 0 Å². The number of benzene rings is 2. The molecule has 0 radical (unpaired) electrons. The first-order valence-electron chi connectivity index (χ1n) is 6.07. The fourth-order valence-electron chi connectivity index (χ4n) is 2.11. The zero-order chi connectivity index (χ0) is 13.2. The average molecular weight is 266 g/mol. The van der Waals surface area contributed by atoms with Crippen molar-refractivity contribution in [3.05, 3.63) is 54.6 Å². The van der Waals surface area contributed by atoms with E-state index < -0.39 is 0 Å². The first-order valence-corrected chi connectivity index (χ1v) is 7.30. The smallest absolute Gasteiger partial charge is 0.0730 e. The van der Waals surface area contributed by atoms with Crippen molar-refractivity contribution in [2.45, 2.75) is 4.90 Å². The van der Waals surface area contributed by atoms with Gasteiger partial charge in [-0.25, -0.2) is 4.98 Å². The van der Waals surface area contributed by atoms with Gasteiger partial charge < -0.3 is 5.73 Å². The number of nitrogens with zero attached hydrogens (tertiary/aromatic N) is 1. The van der Waals surface area contributed by atoms with Crippen LogP contribution in [-0.4, -0.2) is 11.2 Å². The summed E-state index contributed by atoms with van der Waals surface area (Å²) in [6, 6.07) is 18.3. The van der Waals surface area contributed by atoms with Crippen LogP contribution in [0.1, 0.15) is 0 Å². The van der Waals surface area contributed by atoms with Crippen LogP contribution in [0.5, 0.6) is 0 Å². The molecule has 94 valence electrons. The topological polar surface area (TPSA) is 38.9 Å². The molecule has 3 aromatic rings. The molecule has 0 spiro atoms. The molecule has 2 N–H and O–H groups in total. The third-order valence-corrected chi connectivity index (χ3v) is 3.88. The number of hydrogen-bond donors (Lipinski definition) is 1. The highest BCUT2D eigenvalue weighted by atomic mass is 32.2. The Morgan fingerprint density at radius 1 is 1.00 bits per heavy atom. The number of aromatic nitrogens is 1. The Morgan fingerprint density at radius 2 is 1.74 bits per heavy atom. The van der Waals surface area contributed by atoms with Gasteiger partial charge in [0.25, 0.3) is 0 Å². The van der Waals surface area contributed by atoms with Crippen LogP contribution in [0.3, 0.4) is 0 Å². The fraction of sp³-hybridized carbons (Fsp3) is 0.0625. The molecule has 2 nitrogen and oxygen atoms in total. The van der Waals surface area contributed by atoms with Crippen LogP contribution in [0.15, 0.2) is 59.5 Å². The summed E-state index contributed by atoms with van der Waals surface area (Å²) >= 11 is 1.73. The van der Waals surface area contributed by atoms with Gasteiger partial charge in [-0.2, -0.15) is 0 Å². The summed E-state index contributed by atoms with van der Waals surface area (Å²) in [6.07, 6.45) is 2.07. The summed E-state index contributed by atoms with van der Waals surface area (Å²) < 4.78 is 0. The maximum atomic E-state index is 6.11. The lowest BCUT2D eigenvalue weighted by molar-refractivity contribution is 1.38. The molecule has 0 amide bonds. The maximum Gasteiger partial charge on any atom is 0.0730 e. The normalized spacial score (nSPS) is 10.8. The molecule has 0 saturated heterocycles. The summed E-state index contributed by atoms with van der Waals surface area (Å²) in [5.74, 6) is 0. The van der Waals surface area contributed by atoms with Crippen molar-refractivity contribution in [2.75, 3.05) is 12.0 Å². The highest BCUT2D eigenvalue weighted by molar-refractivity contribution is 7.98. The second kappa shape index (κ2) is 4.94. The van der Waals surface area contributed by atoms with Crippen LogP contribution in [0.25, 0.3) is 22.2 Å². The van der Waals surface area contributed by atoms with Crippen molar-refractivity contribution < 1.29 is 0 Å². The molecule has 3 heteroatoms. The van der Waals surface area contributed by atoms with E-state index in [1.165, 1.54) is 4.90 Å². The van der Waals surface area contributed by atoms with Gasteiger partial charge in [-0.05, 0) is 30.5 Å². The SMILES string of the molecule is CSc1ccc(-c2cc(N)c3ccccc3n2)cc1. The molecular formula is C16H14N2S. The summed E-state index contributed by atoms with van der Waals surface area (Å²) in [5.41, 5.74) is 9.83. The summed E-state index contributed by atoms with van der Waals surface area (Å²) in [7, 11) is 0. The number of rotatable bonds is 2. The van der Waals surface area contributed by atoms with E-state index in [2.05, 4.69) is 35.5 Å². The standard InChI is InChI=1S/C16H14N2S/c1-19-12-8-6-11(7-9-12)16-10-14(17)13-4-2-3-5-15(13)18-16/h2-10H,1H3,(H2,17,18). The molecule has 0 unspecified atom stereocenters. The Kier molecular flexibility index (Phi) is 3.13. The number of pyridine rings is 1. The zero-order valence-electron chi connectivity index (χ0n) is 10.6. The number of thioether (sulfide) groups is 1.